The zero-order valence-electron chi connectivity index (χ0n) is 16.5. The molecule has 0 amide bonds. The Morgan fingerprint density at radius 3 is 2.62 bits per heavy atom. The third kappa shape index (κ3) is 4.16. The molecule has 0 saturated carbocycles. The number of Topliss-reactive ketones (excluding diaryl/α,β-unsaturated/α-hetero) is 1. The summed E-state index contributed by atoms with van der Waals surface area (Å²) in [6, 6.07) is 5.25. The standard InChI is InChI=1S/C21H21NO7/c1-11-18(21(25)26-4)12(2)22-19(11)20(24)13(3)29-17(23)8-6-14-5-7-15-16(9-14)28-10-27-15/h5-9,13,22H,10H2,1-4H3/b8-6+/t13-/m1/s1. The van der Waals surface area contributed by atoms with Gasteiger partial charge in [0, 0.05) is 11.8 Å². The molecule has 1 aromatic carbocycles. The van der Waals surface area contributed by atoms with Crippen molar-refractivity contribution in [3.63, 3.8) is 0 Å². The van der Waals surface area contributed by atoms with Crippen LogP contribution >= 0.6 is 0 Å². The molecular weight excluding hydrogens is 378 g/mol. The molecule has 0 bridgehead atoms. The number of aromatic nitrogens is 1. The summed E-state index contributed by atoms with van der Waals surface area (Å²) < 4.78 is 20.5. The Bertz CT molecular complexity index is 1000. The van der Waals surface area contributed by atoms with Crippen LogP contribution in [0.5, 0.6) is 11.5 Å². The molecule has 1 N–H and O–H groups in total. The molecule has 1 aromatic heterocycles. The third-order valence-electron chi connectivity index (χ3n) is 4.54. The number of aromatic amines is 1. The highest BCUT2D eigenvalue weighted by molar-refractivity contribution is 6.04. The molecule has 1 aliphatic heterocycles. The number of carbonyl (C=O) groups excluding carboxylic acids is 3. The summed E-state index contributed by atoms with van der Waals surface area (Å²) in [7, 11) is 1.27. The van der Waals surface area contributed by atoms with Crippen LogP contribution in [0.1, 0.15) is 44.6 Å². The van der Waals surface area contributed by atoms with Gasteiger partial charge in [0.2, 0.25) is 12.6 Å². The summed E-state index contributed by atoms with van der Waals surface area (Å²) in [6.45, 7) is 4.94. The minimum Gasteiger partial charge on any atom is -0.465 e. The highest BCUT2D eigenvalue weighted by atomic mass is 16.7. The molecular formula is C21H21NO7. The Labute approximate surface area is 167 Å². The van der Waals surface area contributed by atoms with E-state index in [0.29, 0.717) is 28.3 Å². The molecule has 8 nitrogen and oxygen atoms in total. The molecule has 0 unspecified atom stereocenters. The molecule has 29 heavy (non-hydrogen) atoms. The largest absolute Gasteiger partial charge is 0.465 e. The number of benzene rings is 1. The summed E-state index contributed by atoms with van der Waals surface area (Å²) in [5.41, 5.74) is 2.21. The fraction of sp³-hybridized carbons (Fsp3) is 0.286. The molecule has 2 heterocycles. The van der Waals surface area contributed by atoms with Crippen molar-refractivity contribution in [2.45, 2.75) is 26.9 Å². The van der Waals surface area contributed by atoms with Crippen LogP contribution in [0.2, 0.25) is 0 Å². The van der Waals surface area contributed by atoms with E-state index >= 15 is 0 Å². The number of hydrogen-bond donors (Lipinski definition) is 1. The van der Waals surface area contributed by atoms with Gasteiger partial charge in [0.05, 0.1) is 18.4 Å². The second-order valence-electron chi connectivity index (χ2n) is 6.51. The van der Waals surface area contributed by atoms with E-state index in [2.05, 4.69) is 4.98 Å². The first-order valence-corrected chi connectivity index (χ1v) is 8.91. The van der Waals surface area contributed by atoms with Gasteiger partial charge in [-0.1, -0.05) is 6.07 Å². The third-order valence-corrected chi connectivity index (χ3v) is 4.54. The normalized spacial score (nSPS) is 13.4. The first-order valence-electron chi connectivity index (χ1n) is 8.91. The fourth-order valence-electron chi connectivity index (χ4n) is 3.06. The summed E-state index contributed by atoms with van der Waals surface area (Å²) in [6.07, 6.45) is 1.75. The molecule has 0 spiro atoms. The minimum atomic E-state index is -1.04. The number of ether oxygens (including phenoxy) is 4. The van der Waals surface area contributed by atoms with Crippen LogP contribution in [0.15, 0.2) is 24.3 Å². The van der Waals surface area contributed by atoms with Gasteiger partial charge in [0.25, 0.3) is 0 Å². The van der Waals surface area contributed by atoms with Crippen LogP contribution in [0.3, 0.4) is 0 Å². The van der Waals surface area contributed by atoms with Gasteiger partial charge in [-0.05, 0) is 50.1 Å². The highest BCUT2D eigenvalue weighted by Gasteiger charge is 2.27. The number of aryl methyl sites for hydroxylation is 1. The minimum absolute atomic E-state index is 0.166. The van der Waals surface area contributed by atoms with Gasteiger partial charge in [-0.25, -0.2) is 9.59 Å². The number of fused-ring (bicyclic) bond motifs is 1. The van der Waals surface area contributed by atoms with Crippen LogP contribution in [-0.2, 0) is 14.3 Å². The molecule has 0 aliphatic carbocycles. The second-order valence-corrected chi connectivity index (χ2v) is 6.51. The monoisotopic (exact) mass is 399 g/mol. The maximum absolute atomic E-state index is 12.7. The lowest BCUT2D eigenvalue weighted by atomic mass is 10.1. The summed E-state index contributed by atoms with van der Waals surface area (Å²) >= 11 is 0. The predicted octanol–water partition coefficient (Wildman–Crippen LogP) is 2.97. The van der Waals surface area contributed by atoms with Gasteiger partial charge in [-0.2, -0.15) is 0 Å². The van der Waals surface area contributed by atoms with Crippen molar-refractivity contribution in [2.24, 2.45) is 0 Å². The first-order chi connectivity index (χ1) is 13.8. The second kappa shape index (κ2) is 8.22. The van der Waals surface area contributed by atoms with Crippen molar-refractivity contribution in [3.05, 3.63) is 52.4 Å². The zero-order valence-corrected chi connectivity index (χ0v) is 16.5. The van der Waals surface area contributed by atoms with E-state index in [0.717, 1.165) is 5.56 Å². The van der Waals surface area contributed by atoms with Crippen LogP contribution in [0.25, 0.3) is 6.08 Å². The lowest BCUT2D eigenvalue weighted by molar-refractivity contribution is -0.140. The average molecular weight is 399 g/mol. The summed E-state index contributed by atoms with van der Waals surface area (Å²) in [5, 5.41) is 0. The lowest BCUT2D eigenvalue weighted by Gasteiger charge is -2.10. The molecule has 3 rings (SSSR count). The summed E-state index contributed by atoms with van der Waals surface area (Å²) in [5.74, 6) is -0.398. The number of methoxy groups -OCH3 is 1. The van der Waals surface area contributed by atoms with Gasteiger partial charge in [0.15, 0.2) is 17.6 Å². The van der Waals surface area contributed by atoms with Crippen LogP contribution in [0.4, 0.5) is 0 Å². The van der Waals surface area contributed by atoms with E-state index in [1.165, 1.54) is 20.1 Å². The first kappa shape index (κ1) is 20.2. The number of esters is 2. The van der Waals surface area contributed by atoms with E-state index in [1.54, 1.807) is 38.1 Å². The van der Waals surface area contributed by atoms with Gasteiger partial charge >= 0.3 is 11.9 Å². The Morgan fingerprint density at radius 2 is 1.90 bits per heavy atom. The van der Waals surface area contributed by atoms with Crippen LogP contribution < -0.4 is 9.47 Å². The quantitative estimate of drug-likeness (QED) is 0.452. The van der Waals surface area contributed by atoms with Crippen molar-refractivity contribution >= 4 is 23.8 Å². The van der Waals surface area contributed by atoms with Crippen LogP contribution in [0, 0.1) is 13.8 Å². The van der Waals surface area contributed by atoms with E-state index in [9.17, 15) is 14.4 Å². The molecule has 8 heteroatoms. The predicted molar refractivity (Wildman–Crippen MR) is 103 cm³/mol. The Hall–Kier alpha value is -3.55. The SMILES string of the molecule is COC(=O)c1c(C)[nH]c(C(=O)[C@@H](C)OC(=O)/C=C/c2ccc3c(c2)OCO3)c1C. The van der Waals surface area contributed by atoms with Crippen LogP contribution in [-0.4, -0.2) is 42.7 Å². The number of carbonyl (C=O) groups is 3. The van der Waals surface area contributed by atoms with Crippen molar-refractivity contribution in [2.75, 3.05) is 13.9 Å². The van der Waals surface area contributed by atoms with Gasteiger partial charge in [-0.3, -0.25) is 4.79 Å². The zero-order chi connectivity index (χ0) is 21.1. The van der Waals surface area contributed by atoms with Crippen molar-refractivity contribution in [1.82, 2.24) is 4.98 Å². The highest BCUT2D eigenvalue weighted by Crippen LogP contribution is 2.32. The van der Waals surface area contributed by atoms with Gasteiger partial charge < -0.3 is 23.9 Å². The topological polar surface area (TPSA) is 104 Å². The maximum atomic E-state index is 12.7. The molecule has 1 aliphatic rings. The molecule has 0 radical (unpaired) electrons. The average Bonchev–Trinajstić information content (AvgIpc) is 3.28. The Balaban J connectivity index is 1.66. The molecule has 1 atom stereocenters. The number of nitrogens with one attached hydrogen (secondary N) is 1. The van der Waals surface area contributed by atoms with E-state index in [1.807, 2.05) is 0 Å². The van der Waals surface area contributed by atoms with Crippen molar-refractivity contribution in [1.29, 1.82) is 0 Å². The van der Waals surface area contributed by atoms with Gasteiger partial charge in [0.1, 0.15) is 0 Å². The molecule has 152 valence electrons. The van der Waals surface area contributed by atoms with Crippen molar-refractivity contribution in [3.8, 4) is 11.5 Å². The Kier molecular flexibility index (Phi) is 5.72. The van der Waals surface area contributed by atoms with E-state index in [-0.39, 0.29) is 12.5 Å². The summed E-state index contributed by atoms with van der Waals surface area (Å²) in [4.78, 5) is 39.5. The van der Waals surface area contributed by atoms with Gasteiger partial charge in [-0.15, -0.1) is 0 Å². The number of H-pyrrole nitrogens is 1. The smallest absolute Gasteiger partial charge is 0.339 e. The lowest BCUT2D eigenvalue weighted by Crippen LogP contribution is -2.24. The molecule has 0 saturated heterocycles. The fourth-order valence-corrected chi connectivity index (χ4v) is 3.06. The number of hydrogen-bond acceptors (Lipinski definition) is 7. The van der Waals surface area contributed by atoms with Crippen molar-refractivity contribution < 1.29 is 33.3 Å². The Morgan fingerprint density at radius 1 is 1.17 bits per heavy atom. The van der Waals surface area contributed by atoms with E-state index in [4.69, 9.17) is 18.9 Å². The maximum Gasteiger partial charge on any atom is 0.339 e. The molecule has 2 aromatic rings. The molecule has 0 fully saturated rings. The number of rotatable bonds is 6. The van der Waals surface area contributed by atoms with E-state index < -0.39 is 23.8 Å². The number of ketones is 1.